The highest BCUT2D eigenvalue weighted by molar-refractivity contribution is 7.89. The summed E-state index contributed by atoms with van der Waals surface area (Å²) in [6, 6.07) is 10.8. The Morgan fingerprint density at radius 2 is 1.60 bits per heavy atom. The maximum absolute atomic E-state index is 13.3. The second kappa shape index (κ2) is 10.3. The molecular formula is C21H23Cl3N2O3S. The smallest absolute Gasteiger partial charge is 0.243 e. The van der Waals surface area contributed by atoms with Gasteiger partial charge in [-0.3, -0.25) is 4.79 Å². The Hall–Kier alpha value is -1.31. The molecule has 3 rings (SSSR count). The summed E-state index contributed by atoms with van der Waals surface area (Å²) in [6.45, 7) is -0.362. The average Bonchev–Trinajstić information content (AvgIpc) is 2.70. The number of amides is 1. The van der Waals surface area contributed by atoms with Gasteiger partial charge >= 0.3 is 0 Å². The van der Waals surface area contributed by atoms with Crippen LogP contribution in [0.2, 0.25) is 15.1 Å². The van der Waals surface area contributed by atoms with Crippen molar-refractivity contribution in [3.63, 3.8) is 0 Å². The molecule has 0 unspecified atom stereocenters. The molecule has 0 aliphatic heterocycles. The summed E-state index contributed by atoms with van der Waals surface area (Å²) >= 11 is 18.1. The van der Waals surface area contributed by atoms with E-state index in [2.05, 4.69) is 5.32 Å². The van der Waals surface area contributed by atoms with Crippen LogP contribution >= 0.6 is 34.8 Å². The van der Waals surface area contributed by atoms with Gasteiger partial charge in [-0.1, -0.05) is 60.1 Å². The molecule has 0 spiro atoms. The van der Waals surface area contributed by atoms with E-state index in [1.807, 2.05) is 0 Å². The van der Waals surface area contributed by atoms with E-state index in [1.54, 1.807) is 18.2 Å². The van der Waals surface area contributed by atoms with Crippen LogP contribution in [0.4, 0.5) is 0 Å². The molecule has 5 nitrogen and oxygen atoms in total. The fraction of sp³-hybridized carbons (Fsp3) is 0.381. The van der Waals surface area contributed by atoms with E-state index in [-0.39, 0.29) is 29.9 Å². The highest BCUT2D eigenvalue weighted by atomic mass is 35.5. The molecule has 1 N–H and O–H groups in total. The second-order valence-corrected chi connectivity index (χ2v) is 10.6. The summed E-state index contributed by atoms with van der Waals surface area (Å²) in [7, 11) is -3.96. The third kappa shape index (κ3) is 6.11. The first-order chi connectivity index (χ1) is 14.3. The maximum Gasteiger partial charge on any atom is 0.243 e. The largest absolute Gasteiger partial charge is 0.352 e. The molecule has 1 saturated carbocycles. The fourth-order valence-corrected chi connectivity index (χ4v) is 5.47. The first-order valence-corrected chi connectivity index (χ1v) is 12.3. The standard InChI is InChI=1S/C21H23Cl3N2O3S/c22-16-8-10-19(11-9-16)30(28,29)26(13-15-6-7-17(23)12-20(15)24)14-21(27)25-18-4-2-1-3-5-18/h6-12,18H,1-5,13-14H2,(H,25,27). The van der Waals surface area contributed by atoms with E-state index in [0.717, 1.165) is 30.0 Å². The molecule has 0 atom stereocenters. The lowest BCUT2D eigenvalue weighted by Crippen LogP contribution is -2.44. The zero-order valence-electron chi connectivity index (χ0n) is 16.3. The van der Waals surface area contributed by atoms with Crippen LogP contribution in [0, 0.1) is 0 Å². The Bertz CT molecular complexity index is 991. The Balaban J connectivity index is 1.85. The summed E-state index contributed by atoms with van der Waals surface area (Å²) in [5.41, 5.74) is 0.559. The van der Waals surface area contributed by atoms with E-state index in [1.165, 1.54) is 30.7 Å². The predicted molar refractivity (Wildman–Crippen MR) is 121 cm³/mol. The molecule has 2 aromatic carbocycles. The van der Waals surface area contributed by atoms with Crippen molar-refractivity contribution in [2.75, 3.05) is 6.54 Å². The summed E-state index contributed by atoms with van der Waals surface area (Å²) in [5, 5.41) is 4.19. The Morgan fingerprint density at radius 3 is 2.23 bits per heavy atom. The van der Waals surface area contributed by atoms with Crippen LogP contribution in [0.1, 0.15) is 37.7 Å². The summed E-state index contributed by atoms with van der Waals surface area (Å²) < 4.78 is 27.7. The minimum absolute atomic E-state index is 0.0565. The molecule has 30 heavy (non-hydrogen) atoms. The lowest BCUT2D eigenvalue weighted by molar-refractivity contribution is -0.122. The molecule has 0 radical (unpaired) electrons. The minimum Gasteiger partial charge on any atom is -0.352 e. The van der Waals surface area contributed by atoms with Crippen molar-refractivity contribution in [1.82, 2.24) is 9.62 Å². The van der Waals surface area contributed by atoms with Crippen molar-refractivity contribution in [2.45, 2.75) is 49.6 Å². The molecule has 2 aromatic rings. The van der Waals surface area contributed by atoms with Crippen LogP contribution in [0.5, 0.6) is 0 Å². The van der Waals surface area contributed by atoms with E-state index in [4.69, 9.17) is 34.8 Å². The second-order valence-electron chi connectivity index (χ2n) is 7.37. The lowest BCUT2D eigenvalue weighted by atomic mass is 9.95. The fourth-order valence-electron chi connectivity index (χ4n) is 3.50. The summed E-state index contributed by atoms with van der Waals surface area (Å²) in [4.78, 5) is 12.7. The average molecular weight is 490 g/mol. The normalized spacial score (nSPS) is 15.3. The van der Waals surface area contributed by atoms with Gasteiger partial charge in [-0.25, -0.2) is 8.42 Å². The Kier molecular flexibility index (Phi) is 8.04. The highest BCUT2D eigenvalue weighted by Crippen LogP contribution is 2.26. The Morgan fingerprint density at radius 1 is 0.967 bits per heavy atom. The molecule has 0 aromatic heterocycles. The number of hydrogen-bond acceptors (Lipinski definition) is 3. The molecule has 1 amide bonds. The number of carbonyl (C=O) groups is 1. The van der Waals surface area contributed by atoms with Gasteiger partial charge < -0.3 is 5.32 Å². The number of carbonyl (C=O) groups excluding carboxylic acids is 1. The number of halogens is 3. The zero-order valence-corrected chi connectivity index (χ0v) is 19.4. The van der Waals surface area contributed by atoms with Crippen molar-refractivity contribution in [3.8, 4) is 0 Å². The summed E-state index contributed by atoms with van der Waals surface area (Å²) in [6.07, 6.45) is 5.13. The SMILES string of the molecule is O=C(CN(Cc1ccc(Cl)cc1Cl)S(=O)(=O)c1ccc(Cl)cc1)NC1CCCCC1. The number of nitrogens with zero attached hydrogens (tertiary/aromatic N) is 1. The predicted octanol–water partition coefficient (Wildman–Crippen LogP) is 5.29. The third-order valence-corrected chi connectivity index (χ3v) is 7.75. The van der Waals surface area contributed by atoms with Crippen LogP contribution in [0.25, 0.3) is 0 Å². The zero-order chi connectivity index (χ0) is 21.7. The molecule has 1 fully saturated rings. The van der Waals surface area contributed by atoms with Gasteiger partial charge in [-0.2, -0.15) is 4.31 Å². The van der Waals surface area contributed by atoms with Gasteiger partial charge in [-0.15, -0.1) is 0 Å². The summed E-state index contributed by atoms with van der Waals surface area (Å²) in [5.74, 6) is -0.329. The van der Waals surface area contributed by atoms with Gasteiger partial charge in [0.25, 0.3) is 0 Å². The number of hydrogen-bond donors (Lipinski definition) is 1. The molecule has 162 valence electrons. The van der Waals surface area contributed by atoms with Gasteiger partial charge in [0.1, 0.15) is 0 Å². The molecule has 0 bridgehead atoms. The number of nitrogens with one attached hydrogen (secondary N) is 1. The maximum atomic E-state index is 13.3. The van der Waals surface area contributed by atoms with Crippen molar-refractivity contribution >= 4 is 50.7 Å². The van der Waals surface area contributed by atoms with E-state index in [9.17, 15) is 13.2 Å². The topological polar surface area (TPSA) is 66.5 Å². The third-order valence-electron chi connectivity index (χ3n) is 5.10. The van der Waals surface area contributed by atoms with E-state index in [0.29, 0.717) is 20.6 Å². The molecular weight excluding hydrogens is 467 g/mol. The molecule has 1 aliphatic carbocycles. The monoisotopic (exact) mass is 488 g/mol. The van der Waals surface area contributed by atoms with Gasteiger partial charge in [0.2, 0.25) is 15.9 Å². The van der Waals surface area contributed by atoms with Crippen LogP contribution in [0.3, 0.4) is 0 Å². The molecule has 1 aliphatic rings. The molecule has 9 heteroatoms. The van der Waals surface area contributed by atoms with Crippen LogP contribution in [-0.4, -0.2) is 31.2 Å². The van der Waals surface area contributed by atoms with Crippen LogP contribution < -0.4 is 5.32 Å². The molecule has 0 saturated heterocycles. The number of benzene rings is 2. The highest BCUT2D eigenvalue weighted by Gasteiger charge is 2.28. The minimum atomic E-state index is -3.96. The molecule has 0 heterocycles. The van der Waals surface area contributed by atoms with E-state index >= 15 is 0 Å². The Labute approximate surface area is 192 Å². The van der Waals surface area contributed by atoms with Gasteiger partial charge in [0.05, 0.1) is 11.4 Å². The first-order valence-electron chi connectivity index (χ1n) is 9.75. The van der Waals surface area contributed by atoms with E-state index < -0.39 is 10.0 Å². The van der Waals surface area contributed by atoms with Gasteiger partial charge in [0.15, 0.2) is 0 Å². The van der Waals surface area contributed by atoms with Crippen LogP contribution in [-0.2, 0) is 21.4 Å². The van der Waals surface area contributed by atoms with Gasteiger partial charge in [-0.05, 0) is 54.8 Å². The van der Waals surface area contributed by atoms with Crippen molar-refractivity contribution in [3.05, 3.63) is 63.1 Å². The van der Waals surface area contributed by atoms with Crippen molar-refractivity contribution in [2.24, 2.45) is 0 Å². The lowest BCUT2D eigenvalue weighted by Gasteiger charge is -2.26. The van der Waals surface area contributed by atoms with Gasteiger partial charge in [0, 0.05) is 27.7 Å². The van der Waals surface area contributed by atoms with Crippen LogP contribution in [0.15, 0.2) is 47.4 Å². The quantitative estimate of drug-likeness (QED) is 0.575. The van der Waals surface area contributed by atoms with Crippen molar-refractivity contribution < 1.29 is 13.2 Å². The first kappa shape index (κ1) is 23.4. The number of sulfonamides is 1. The van der Waals surface area contributed by atoms with Crippen molar-refractivity contribution in [1.29, 1.82) is 0 Å². The number of rotatable bonds is 7.